The van der Waals surface area contributed by atoms with Crippen molar-refractivity contribution in [2.75, 3.05) is 40.3 Å². The van der Waals surface area contributed by atoms with Gasteiger partial charge in [-0.3, -0.25) is 24.2 Å². The number of barbiturate groups is 1. The van der Waals surface area contributed by atoms with Gasteiger partial charge in [-0.1, -0.05) is 31.5 Å². The number of hydrogen-bond donors (Lipinski definition) is 0. The zero-order valence-corrected chi connectivity index (χ0v) is 22.4. The smallest absolute Gasteiger partial charge is 0.332 e. The number of nitrogens with zero attached hydrogens (tertiary/aromatic N) is 4. The van der Waals surface area contributed by atoms with Crippen molar-refractivity contribution in [1.29, 1.82) is 0 Å². The normalized spacial score (nSPS) is 23.0. The zero-order chi connectivity index (χ0) is 27.0. The molecule has 2 fully saturated rings. The van der Waals surface area contributed by atoms with E-state index < -0.39 is 23.3 Å². The highest BCUT2D eigenvalue weighted by Gasteiger charge is 2.56. The summed E-state index contributed by atoms with van der Waals surface area (Å²) in [6.07, 6.45) is 3.18. The van der Waals surface area contributed by atoms with Gasteiger partial charge in [-0.05, 0) is 48.9 Å². The van der Waals surface area contributed by atoms with Gasteiger partial charge in [0.1, 0.15) is 11.2 Å². The summed E-state index contributed by atoms with van der Waals surface area (Å²) in [5, 5.41) is 0. The van der Waals surface area contributed by atoms with Crippen molar-refractivity contribution in [2.24, 2.45) is 11.3 Å². The highest BCUT2D eigenvalue weighted by atomic mass is 16.5. The van der Waals surface area contributed by atoms with Gasteiger partial charge in [-0.2, -0.15) is 0 Å². The number of benzene rings is 1. The van der Waals surface area contributed by atoms with Gasteiger partial charge < -0.3 is 14.2 Å². The Morgan fingerprint density at radius 3 is 2.32 bits per heavy atom. The van der Waals surface area contributed by atoms with E-state index in [0.717, 1.165) is 46.1 Å². The summed E-state index contributed by atoms with van der Waals surface area (Å²) < 4.78 is 7.65. The van der Waals surface area contributed by atoms with Crippen molar-refractivity contribution < 1.29 is 19.1 Å². The second-order valence-electron chi connectivity index (χ2n) is 11.0. The van der Waals surface area contributed by atoms with Crippen LogP contribution in [0.1, 0.15) is 43.4 Å². The maximum absolute atomic E-state index is 13.8. The highest BCUT2D eigenvalue weighted by Crippen LogP contribution is 2.39. The van der Waals surface area contributed by atoms with Gasteiger partial charge in [0, 0.05) is 58.0 Å². The van der Waals surface area contributed by atoms with Crippen LogP contribution in [0.4, 0.5) is 4.79 Å². The van der Waals surface area contributed by atoms with Crippen LogP contribution in [0.2, 0.25) is 0 Å². The molecule has 1 aromatic heterocycles. The summed E-state index contributed by atoms with van der Waals surface area (Å²) in [7, 11) is 2.89. The van der Waals surface area contributed by atoms with E-state index in [1.807, 2.05) is 34.9 Å². The van der Waals surface area contributed by atoms with Crippen molar-refractivity contribution in [1.82, 2.24) is 19.3 Å². The van der Waals surface area contributed by atoms with Crippen molar-refractivity contribution in [3.8, 4) is 5.75 Å². The van der Waals surface area contributed by atoms with Crippen LogP contribution in [0, 0.1) is 11.3 Å². The number of carbonyl (C=O) groups excluding carboxylic acids is 3. The largest absolute Gasteiger partial charge is 0.494 e. The molecule has 1 aromatic carbocycles. The molecule has 9 nitrogen and oxygen atoms in total. The van der Waals surface area contributed by atoms with E-state index in [4.69, 9.17) is 4.74 Å². The number of imide groups is 2. The molecule has 0 aliphatic carbocycles. The minimum absolute atomic E-state index is 0.0173. The third kappa shape index (κ3) is 4.64. The number of carbonyl (C=O) groups is 3. The number of urea groups is 1. The van der Waals surface area contributed by atoms with E-state index in [1.54, 1.807) is 12.1 Å². The minimum Gasteiger partial charge on any atom is -0.494 e. The Balaban J connectivity index is 1.43. The molecule has 2 atom stereocenters. The van der Waals surface area contributed by atoms with Gasteiger partial charge >= 0.3 is 6.03 Å². The molecule has 4 heterocycles. The molecule has 0 radical (unpaired) electrons. The number of amides is 4. The van der Waals surface area contributed by atoms with Crippen LogP contribution in [0.5, 0.6) is 5.75 Å². The van der Waals surface area contributed by atoms with Gasteiger partial charge in [0.15, 0.2) is 0 Å². The lowest BCUT2D eigenvalue weighted by atomic mass is 9.75. The second-order valence-corrected chi connectivity index (χ2v) is 11.0. The summed E-state index contributed by atoms with van der Waals surface area (Å²) in [6, 6.07) is 12.3. The van der Waals surface area contributed by atoms with Crippen LogP contribution in [0.3, 0.4) is 0 Å². The molecule has 2 bridgehead atoms. The molecule has 3 aliphatic rings. The number of unbranched alkanes of at least 4 members (excludes halogenated alkanes) is 1. The van der Waals surface area contributed by atoms with Gasteiger partial charge in [0.05, 0.1) is 6.61 Å². The fraction of sp³-hybridized carbons (Fsp3) is 0.517. The van der Waals surface area contributed by atoms with Gasteiger partial charge in [-0.25, -0.2) is 4.79 Å². The predicted molar refractivity (Wildman–Crippen MR) is 142 cm³/mol. The van der Waals surface area contributed by atoms with E-state index in [2.05, 4.69) is 11.8 Å². The summed E-state index contributed by atoms with van der Waals surface area (Å²) in [5.41, 5.74) is 0.435. The molecule has 2 saturated heterocycles. The Morgan fingerprint density at radius 2 is 1.63 bits per heavy atom. The number of aromatic nitrogens is 1. The van der Waals surface area contributed by atoms with Crippen molar-refractivity contribution >= 4 is 17.8 Å². The lowest BCUT2D eigenvalue weighted by Gasteiger charge is -2.48. The van der Waals surface area contributed by atoms with E-state index in [1.165, 1.54) is 14.1 Å². The Hall–Kier alpha value is -3.46. The third-order valence-corrected chi connectivity index (χ3v) is 8.25. The topological polar surface area (TPSA) is 92.2 Å². The summed E-state index contributed by atoms with van der Waals surface area (Å²) in [5.74, 6) is 0.213. The molecule has 202 valence electrons. The molecule has 4 amide bonds. The first-order chi connectivity index (χ1) is 18.2. The Labute approximate surface area is 223 Å². The van der Waals surface area contributed by atoms with Crippen LogP contribution < -0.4 is 10.3 Å². The van der Waals surface area contributed by atoms with Crippen LogP contribution in [0.15, 0.2) is 47.3 Å². The van der Waals surface area contributed by atoms with Crippen molar-refractivity contribution in [3.63, 3.8) is 0 Å². The van der Waals surface area contributed by atoms with Gasteiger partial charge in [-0.15, -0.1) is 0 Å². The van der Waals surface area contributed by atoms with E-state index >= 15 is 0 Å². The monoisotopic (exact) mass is 520 g/mol. The molecule has 5 rings (SSSR count). The number of likely N-dealkylation sites (tertiary alicyclic amines) is 1. The summed E-state index contributed by atoms with van der Waals surface area (Å²) in [4.78, 5) is 57.0. The highest BCUT2D eigenvalue weighted by molar-refractivity contribution is 6.19. The lowest BCUT2D eigenvalue weighted by molar-refractivity contribution is -0.159. The number of ether oxygens (including phenoxy) is 1. The Morgan fingerprint density at radius 1 is 0.921 bits per heavy atom. The summed E-state index contributed by atoms with van der Waals surface area (Å²) >= 11 is 0. The molecule has 2 aromatic rings. The fourth-order valence-corrected chi connectivity index (χ4v) is 6.37. The van der Waals surface area contributed by atoms with Crippen molar-refractivity contribution in [2.45, 2.75) is 45.1 Å². The van der Waals surface area contributed by atoms with Crippen LogP contribution in [-0.4, -0.2) is 77.4 Å². The molecule has 9 heteroatoms. The SMILES string of the molecule is CCCCOc1ccc(CC2(CN3C[C@H]4C[C@@H](C3)c3cccc(=O)n3C4)C(=O)N(C)C(=O)N(C)C2=O)cc1. The number of piperidine rings is 1. The Bertz CT molecular complexity index is 1260. The molecular weight excluding hydrogens is 484 g/mol. The average molecular weight is 521 g/mol. The van der Waals surface area contributed by atoms with Gasteiger partial charge in [0.2, 0.25) is 11.8 Å². The standard InChI is InChI=1S/C29H36N4O5/c1-4-5-13-38-23-11-9-20(10-12-23)15-29(26(35)30(2)28(37)31(3)27(29)36)19-32-16-21-14-22(18-32)24-7-6-8-25(34)33(24)17-21/h6-12,21-22H,4-5,13-19H2,1-3H3/t21-,22+/m1/s1. The minimum atomic E-state index is -1.43. The molecule has 0 saturated carbocycles. The van der Waals surface area contributed by atoms with Crippen molar-refractivity contribution in [3.05, 3.63) is 64.1 Å². The fourth-order valence-electron chi connectivity index (χ4n) is 6.37. The lowest BCUT2D eigenvalue weighted by Crippen LogP contribution is -2.67. The summed E-state index contributed by atoms with van der Waals surface area (Å²) in [6.45, 7) is 4.93. The average Bonchev–Trinajstić information content (AvgIpc) is 2.91. The molecule has 0 N–H and O–H groups in total. The first kappa shape index (κ1) is 26.2. The van der Waals surface area contributed by atoms with Crippen LogP contribution in [-0.2, 0) is 22.6 Å². The molecule has 0 spiro atoms. The maximum atomic E-state index is 13.8. The molecule has 3 aliphatic heterocycles. The molecule has 0 unspecified atom stereocenters. The molecular formula is C29H36N4O5. The predicted octanol–water partition coefficient (Wildman–Crippen LogP) is 2.73. The number of hydrogen-bond acceptors (Lipinski definition) is 6. The Kier molecular flexibility index (Phi) is 7.13. The third-order valence-electron chi connectivity index (χ3n) is 8.25. The molecule has 38 heavy (non-hydrogen) atoms. The second kappa shape index (κ2) is 10.4. The quantitative estimate of drug-likeness (QED) is 0.393. The number of pyridine rings is 1. The number of fused-ring (bicyclic) bond motifs is 4. The van der Waals surface area contributed by atoms with Crippen LogP contribution >= 0.6 is 0 Å². The first-order valence-electron chi connectivity index (χ1n) is 13.5. The first-order valence-corrected chi connectivity index (χ1v) is 13.5. The number of rotatable bonds is 8. The zero-order valence-electron chi connectivity index (χ0n) is 22.4. The van der Waals surface area contributed by atoms with Crippen LogP contribution in [0.25, 0.3) is 0 Å². The van der Waals surface area contributed by atoms with E-state index in [9.17, 15) is 19.2 Å². The van der Waals surface area contributed by atoms with E-state index in [-0.39, 0.29) is 30.4 Å². The maximum Gasteiger partial charge on any atom is 0.332 e. The van der Waals surface area contributed by atoms with E-state index in [0.29, 0.717) is 26.2 Å². The van der Waals surface area contributed by atoms with Gasteiger partial charge in [0.25, 0.3) is 5.56 Å².